The molecule has 5 aromatic rings. The number of hydrogen-bond acceptors (Lipinski definition) is 6. The third-order valence-electron chi connectivity index (χ3n) is 5.41. The number of aromatic nitrogens is 5. The summed E-state index contributed by atoms with van der Waals surface area (Å²) in [6.07, 6.45) is 0. The van der Waals surface area contributed by atoms with Crippen molar-refractivity contribution in [3.05, 3.63) is 88.3 Å². The highest BCUT2D eigenvalue weighted by atomic mass is 32.2. The Balaban J connectivity index is 1.59. The molecular formula is C25H21N5O3S. The van der Waals surface area contributed by atoms with Gasteiger partial charge in [-0.2, -0.15) is 10.1 Å². The topological polar surface area (TPSA) is 109 Å². The van der Waals surface area contributed by atoms with Crippen molar-refractivity contribution < 1.29 is 9.29 Å². The van der Waals surface area contributed by atoms with E-state index in [1.807, 2.05) is 61.5 Å². The Labute approximate surface area is 198 Å². The molecule has 2 aromatic carbocycles. The van der Waals surface area contributed by atoms with Crippen molar-refractivity contribution in [3.63, 3.8) is 0 Å². The number of aromatic amines is 1. The Hall–Kier alpha value is -3.95. The number of fused-ring (bicyclic) bond motifs is 1. The molecule has 0 saturated heterocycles. The second-order valence-electron chi connectivity index (χ2n) is 7.73. The van der Waals surface area contributed by atoms with Gasteiger partial charge in [0.25, 0.3) is 10.6 Å². The Kier molecular flexibility index (Phi) is 5.64. The molecule has 1 atom stereocenters. The van der Waals surface area contributed by atoms with E-state index < -0.39 is 11.2 Å². The number of H-pyrrole nitrogens is 1. The molecule has 0 saturated carbocycles. The van der Waals surface area contributed by atoms with Crippen LogP contribution < -0.4 is 10.3 Å². The van der Waals surface area contributed by atoms with Crippen LogP contribution in [-0.2, 0) is 11.2 Å². The highest BCUT2D eigenvalue weighted by Crippen LogP contribution is 2.30. The maximum atomic E-state index is 13.1. The molecule has 170 valence electrons. The lowest BCUT2D eigenvalue weighted by atomic mass is 10.2. The van der Waals surface area contributed by atoms with Gasteiger partial charge in [0, 0.05) is 17.2 Å². The zero-order valence-corrected chi connectivity index (χ0v) is 19.6. The highest BCUT2D eigenvalue weighted by Gasteiger charge is 2.22. The maximum Gasteiger partial charge on any atom is 0.277 e. The third-order valence-corrected chi connectivity index (χ3v) is 6.72. The summed E-state index contributed by atoms with van der Waals surface area (Å²) in [5, 5.41) is 4.87. The first-order valence-electron chi connectivity index (χ1n) is 10.5. The molecule has 34 heavy (non-hydrogen) atoms. The monoisotopic (exact) mass is 471 g/mol. The van der Waals surface area contributed by atoms with Crippen LogP contribution in [0.15, 0.2) is 81.4 Å². The van der Waals surface area contributed by atoms with Crippen LogP contribution in [0.25, 0.3) is 28.1 Å². The van der Waals surface area contributed by atoms with Gasteiger partial charge in [-0.3, -0.25) is 4.79 Å². The molecule has 8 nitrogen and oxygen atoms in total. The molecule has 5 rings (SSSR count). The first-order valence-corrected chi connectivity index (χ1v) is 11.7. The summed E-state index contributed by atoms with van der Waals surface area (Å²) in [5.41, 5.74) is 3.46. The van der Waals surface area contributed by atoms with Gasteiger partial charge in [-0.25, -0.2) is 9.67 Å². The number of para-hydroxylation sites is 1. The number of rotatable bonds is 5. The first-order chi connectivity index (χ1) is 16.5. The fraction of sp³-hybridized carbons (Fsp3) is 0.120. The van der Waals surface area contributed by atoms with E-state index in [9.17, 15) is 9.35 Å². The number of aryl methyl sites for hydroxylation is 2. The van der Waals surface area contributed by atoms with Crippen molar-refractivity contribution in [1.82, 2.24) is 24.7 Å². The Morgan fingerprint density at radius 3 is 2.41 bits per heavy atom. The molecule has 9 heteroatoms. The average molecular weight is 472 g/mol. The smallest absolute Gasteiger partial charge is 0.277 e. The van der Waals surface area contributed by atoms with Gasteiger partial charge in [0.1, 0.15) is 11.3 Å². The van der Waals surface area contributed by atoms with Gasteiger partial charge in [0.05, 0.1) is 24.1 Å². The molecule has 0 aliphatic heterocycles. The number of methoxy groups -OCH3 is 1. The molecule has 0 fully saturated rings. The summed E-state index contributed by atoms with van der Waals surface area (Å²) in [5.74, 6) is 0.513. The van der Waals surface area contributed by atoms with Crippen molar-refractivity contribution in [2.75, 3.05) is 7.11 Å². The average Bonchev–Trinajstić information content (AvgIpc) is 3.21. The van der Waals surface area contributed by atoms with Crippen LogP contribution >= 0.6 is 0 Å². The largest absolute Gasteiger partial charge is 0.605 e. The zero-order valence-electron chi connectivity index (χ0n) is 18.8. The van der Waals surface area contributed by atoms with E-state index in [0.29, 0.717) is 38.0 Å². The lowest BCUT2D eigenvalue weighted by Gasteiger charge is -2.12. The van der Waals surface area contributed by atoms with Crippen molar-refractivity contribution >= 4 is 22.2 Å². The number of nitrogens with one attached hydrogen (secondary N) is 1. The summed E-state index contributed by atoms with van der Waals surface area (Å²) in [4.78, 5) is 25.7. The minimum atomic E-state index is -1.48. The summed E-state index contributed by atoms with van der Waals surface area (Å²) in [6.45, 7) is 3.78. The molecule has 0 radical (unpaired) electrons. The van der Waals surface area contributed by atoms with E-state index in [-0.39, 0.29) is 11.4 Å². The minimum absolute atomic E-state index is 0.216. The predicted molar refractivity (Wildman–Crippen MR) is 130 cm³/mol. The Morgan fingerprint density at radius 1 is 0.971 bits per heavy atom. The van der Waals surface area contributed by atoms with Crippen LogP contribution in [0.2, 0.25) is 0 Å². The summed E-state index contributed by atoms with van der Waals surface area (Å²) in [6, 6.07) is 20.2. The van der Waals surface area contributed by atoms with Crippen LogP contribution in [0, 0.1) is 13.8 Å². The fourth-order valence-electron chi connectivity index (χ4n) is 3.69. The van der Waals surface area contributed by atoms with Crippen LogP contribution in [0.4, 0.5) is 0 Å². The van der Waals surface area contributed by atoms with E-state index in [0.717, 1.165) is 11.3 Å². The number of pyridine rings is 1. The lowest BCUT2D eigenvalue weighted by molar-refractivity contribution is 0.395. The number of nitrogens with zero attached hydrogens (tertiary/aromatic N) is 4. The molecule has 1 N–H and O–H groups in total. The molecule has 3 heterocycles. The van der Waals surface area contributed by atoms with Crippen molar-refractivity contribution in [3.8, 4) is 23.0 Å². The third kappa shape index (κ3) is 3.85. The van der Waals surface area contributed by atoms with Gasteiger partial charge in [-0.1, -0.05) is 35.9 Å². The first kappa shape index (κ1) is 21.9. The van der Waals surface area contributed by atoms with Gasteiger partial charge in [-0.05, 0) is 44.2 Å². The molecule has 1 unspecified atom stereocenters. The van der Waals surface area contributed by atoms with Gasteiger partial charge in [0.15, 0.2) is 10.4 Å². The molecular weight excluding hydrogens is 450 g/mol. The zero-order chi connectivity index (χ0) is 23.8. The second kappa shape index (κ2) is 8.77. The standard InChI is InChI=1S/C25H21N5O3S/c1-15-9-11-18(12-10-15)34(32)20-14-13-19(25(26-20)33-3)23-27-21-16(2)29-30(22(21)24(31)28-23)17-7-5-4-6-8-17/h4-14H,1-3H3,(H,27,28,31). The SMILES string of the molecule is COc1nc([S+]([O-])c2ccc(C)cc2)ccc1-c1nc2c(C)nn(-c3ccccc3)c2c(=O)[nH]1. The van der Waals surface area contributed by atoms with Gasteiger partial charge in [0.2, 0.25) is 5.88 Å². The number of ether oxygens (including phenoxy) is 1. The van der Waals surface area contributed by atoms with E-state index in [1.54, 1.807) is 23.7 Å². The fourth-order valence-corrected chi connectivity index (χ4v) is 4.67. The normalized spacial score (nSPS) is 12.1. The van der Waals surface area contributed by atoms with E-state index in [2.05, 4.69) is 20.1 Å². The van der Waals surface area contributed by atoms with Crippen molar-refractivity contribution in [1.29, 1.82) is 0 Å². The van der Waals surface area contributed by atoms with Crippen LogP contribution in [0.3, 0.4) is 0 Å². The predicted octanol–water partition coefficient (Wildman–Crippen LogP) is 3.96. The quantitative estimate of drug-likeness (QED) is 0.389. The number of hydrogen-bond donors (Lipinski definition) is 1. The van der Waals surface area contributed by atoms with Gasteiger partial charge < -0.3 is 14.3 Å². The van der Waals surface area contributed by atoms with Gasteiger partial charge >= 0.3 is 0 Å². The van der Waals surface area contributed by atoms with Crippen LogP contribution in [-0.4, -0.2) is 36.4 Å². The summed E-state index contributed by atoms with van der Waals surface area (Å²) in [7, 11) is 1.47. The van der Waals surface area contributed by atoms with E-state index in [4.69, 9.17) is 4.74 Å². The van der Waals surface area contributed by atoms with E-state index >= 15 is 0 Å². The minimum Gasteiger partial charge on any atom is -0.605 e. The van der Waals surface area contributed by atoms with Crippen molar-refractivity contribution in [2.24, 2.45) is 0 Å². The van der Waals surface area contributed by atoms with Crippen LogP contribution in [0.1, 0.15) is 11.3 Å². The molecule has 0 spiro atoms. The molecule has 0 aliphatic carbocycles. The molecule has 0 bridgehead atoms. The molecule has 3 aromatic heterocycles. The maximum absolute atomic E-state index is 13.1. The summed E-state index contributed by atoms with van der Waals surface area (Å²) >= 11 is -1.48. The summed E-state index contributed by atoms with van der Waals surface area (Å²) < 4.78 is 20.1. The Morgan fingerprint density at radius 2 is 1.71 bits per heavy atom. The van der Waals surface area contributed by atoms with Gasteiger partial charge in [-0.15, -0.1) is 0 Å². The Bertz CT molecular complexity index is 1550. The second-order valence-corrected chi connectivity index (χ2v) is 9.16. The highest BCUT2D eigenvalue weighted by molar-refractivity contribution is 7.91. The van der Waals surface area contributed by atoms with Crippen LogP contribution in [0.5, 0.6) is 5.88 Å². The molecule has 0 amide bonds. The number of benzene rings is 2. The lowest BCUT2D eigenvalue weighted by Crippen LogP contribution is -2.14. The van der Waals surface area contributed by atoms with Crippen molar-refractivity contribution in [2.45, 2.75) is 23.8 Å². The van der Waals surface area contributed by atoms with E-state index in [1.165, 1.54) is 7.11 Å². The molecule has 0 aliphatic rings.